The average Bonchev–Trinajstić information content (AvgIpc) is 3.39. The normalized spacial score (nSPS) is 16.2. The number of anilines is 1. The summed E-state index contributed by atoms with van der Waals surface area (Å²) in [4.78, 5) is 22.7. The second-order valence-electron chi connectivity index (χ2n) is 8.14. The molecule has 0 bridgehead atoms. The van der Waals surface area contributed by atoms with Crippen LogP contribution in [0.3, 0.4) is 0 Å². The number of nitrogens with zero attached hydrogens (tertiary/aromatic N) is 5. The van der Waals surface area contributed by atoms with Crippen molar-refractivity contribution in [3.8, 4) is 34.3 Å². The standard InChI is InChI=1S/C24H20F3N7O2.2H2/c25-24(26,27)18-13-34(11-10-29-18)23(35)16-8-6-14(7-9-16)17-12-30-20(28)19(31-17)22-33-32-21(36-22)15-4-2-1-3-5-15;;/h1-9,12,18,29H,10-11,13H2,(H2,28,30);2*1H. The number of nitrogen functional groups attached to an aromatic ring is 1. The largest absolute Gasteiger partial charge is 0.414 e. The molecule has 1 aliphatic rings. The van der Waals surface area contributed by atoms with Crippen LogP contribution in [0.1, 0.15) is 13.2 Å². The Balaban J connectivity index is 0.00000200. The number of aromatic nitrogens is 4. The summed E-state index contributed by atoms with van der Waals surface area (Å²) in [5.41, 5.74) is 8.29. The predicted molar refractivity (Wildman–Crippen MR) is 129 cm³/mol. The van der Waals surface area contributed by atoms with E-state index in [2.05, 4.69) is 25.5 Å². The van der Waals surface area contributed by atoms with Crippen LogP contribution in [0.2, 0.25) is 0 Å². The van der Waals surface area contributed by atoms with Gasteiger partial charge in [0.2, 0.25) is 5.89 Å². The fourth-order valence-corrected chi connectivity index (χ4v) is 3.83. The first-order valence-corrected chi connectivity index (χ1v) is 11.0. The van der Waals surface area contributed by atoms with Gasteiger partial charge in [-0.15, -0.1) is 10.2 Å². The first-order chi connectivity index (χ1) is 17.3. The van der Waals surface area contributed by atoms with E-state index in [0.29, 0.717) is 17.1 Å². The zero-order valence-electron chi connectivity index (χ0n) is 18.7. The Kier molecular flexibility index (Phi) is 6.10. The third-order valence-electron chi connectivity index (χ3n) is 5.73. The van der Waals surface area contributed by atoms with Crippen LogP contribution < -0.4 is 11.1 Å². The molecule has 3 N–H and O–H groups in total. The number of hydrogen-bond donors (Lipinski definition) is 2. The number of hydrogen-bond acceptors (Lipinski definition) is 8. The predicted octanol–water partition coefficient (Wildman–Crippen LogP) is 3.91. The van der Waals surface area contributed by atoms with Gasteiger partial charge in [0.25, 0.3) is 11.8 Å². The van der Waals surface area contributed by atoms with Gasteiger partial charge < -0.3 is 20.4 Å². The second-order valence-corrected chi connectivity index (χ2v) is 8.14. The third-order valence-corrected chi connectivity index (χ3v) is 5.73. The van der Waals surface area contributed by atoms with Gasteiger partial charge >= 0.3 is 6.18 Å². The molecule has 2 aromatic heterocycles. The molecule has 1 saturated heterocycles. The van der Waals surface area contributed by atoms with E-state index in [1.807, 2.05) is 30.3 Å². The maximum absolute atomic E-state index is 13.1. The molecular formula is C24H24F3N7O2. The SMILES string of the molecule is Nc1ncc(-c2ccc(C(=O)N3CCNC(C(F)(F)F)C3)cc2)nc1-c1nnc(-c2ccccc2)o1.[HH].[HH]. The third kappa shape index (κ3) is 4.75. The number of benzene rings is 2. The monoisotopic (exact) mass is 499 g/mol. The van der Waals surface area contributed by atoms with Crippen molar-refractivity contribution >= 4 is 11.7 Å². The van der Waals surface area contributed by atoms with Crippen LogP contribution in [-0.2, 0) is 0 Å². The van der Waals surface area contributed by atoms with Gasteiger partial charge in [-0.25, -0.2) is 9.97 Å². The Hall–Kier alpha value is -4.32. The number of nitrogens with one attached hydrogen (secondary N) is 1. The average molecular weight is 499 g/mol. The number of nitrogens with two attached hydrogens (primary N) is 1. The van der Waals surface area contributed by atoms with Gasteiger partial charge in [-0.05, 0) is 24.3 Å². The zero-order valence-corrected chi connectivity index (χ0v) is 18.7. The number of rotatable bonds is 4. The Labute approximate surface area is 206 Å². The molecular weight excluding hydrogens is 475 g/mol. The topological polar surface area (TPSA) is 123 Å². The highest BCUT2D eigenvalue weighted by Crippen LogP contribution is 2.28. The number of piperazine rings is 1. The van der Waals surface area contributed by atoms with Crippen molar-refractivity contribution in [1.29, 1.82) is 0 Å². The van der Waals surface area contributed by atoms with E-state index >= 15 is 0 Å². The fourth-order valence-electron chi connectivity index (χ4n) is 3.83. The van der Waals surface area contributed by atoms with Crippen LogP contribution in [0.5, 0.6) is 0 Å². The van der Waals surface area contributed by atoms with E-state index in [-0.39, 0.29) is 38.9 Å². The summed E-state index contributed by atoms with van der Waals surface area (Å²) in [6.07, 6.45) is -2.96. The molecule has 1 fully saturated rings. The highest BCUT2D eigenvalue weighted by molar-refractivity contribution is 5.94. The fraction of sp³-hybridized carbons (Fsp3) is 0.208. The lowest BCUT2D eigenvalue weighted by Gasteiger charge is -2.34. The van der Waals surface area contributed by atoms with Gasteiger partial charge in [-0.3, -0.25) is 4.79 Å². The van der Waals surface area contributed by atoms with Gasteiger partial charge in [-0.1, -0.05) is 30.3 Å². The summed E-state index contributed by atoms with van der Waals surface area (Å²) in [5.74, 6) is 0.0404. The lowest BCUT2D eigenvalue weighted by molar-refractivity contribution is -0.162. The molecule has 1 unspecified atom stereocenters. The van der Waals surface area contributed by atoms with Gasteiger partial charge in [0.1, 0.15) is 6.04 Å². The van der Waals surface area contributed by atoms with Gasteiger partial charge in [0.05, 0.1) is 11.9 Å². The van der Waals surface area contributed by atoms with Crippen molar-refractivity contribution in [1.82, 2.24) is 30.4 Å². The van der Waals surface area contributed by atoms with Crippen LogP contribution >= 0.6 is 0 Å². The van der Waals surface area contributed by atoms with E-state index in [9.17, 15) is 18.0 Å². The first kappa shape index (κ1) is 23.4. The number of alkyl halides is 3. The minimum Gasteiger partial charge on any atom is -0.414 e. The molecule has 12 heteroatoms. The summed E-state index contributed by atoms with van der Waals surface area (Å²) in [6.45, 7) is -0.180. The van der Waals surface area contributed by atoms with Crippen molar-refractivity contribution in [3.05, 3.63) is 66.4 Å². The summed E-state index contributed by atoms with van der Waals surface area (Å²) in [5, 5.41) is 10.5. The van der Waals surface area contributed by atoms with Crippen LogP contribution in [0.25, 0.3) is 34.3 Å². The van der Waals surface area contributed by atoms with Gasteiger partial charge in [0.15, 0.2) is 11.5 Å². The molecule has 4 aromatic rings. The zero-order chi connectivity index (χ0) is 25.3. The molecule has 1 aliphatic heterocycles. The molecule has 5 rings (SSSR count). The van der Waals surface area contributed by atoms with Gasteiger partial charge in [-0.2, -0.15) is 13.2 Å². The lowest BCUT2D eigenvalue weighted by atomic mass is 10.1. The molecule has 188 valence electrons. The Morgan fingerprint density at radius 2 is 1.78 bits per heavy atom. The summed E-state index contributed by atoms with van der Waals surface area (Å²) in [7, 11) is 0. The van der Waals surface area contributed by atoms with Crippen molar-refractivity contribution in [2.24, 2.45) is 0 Å². The van der Waals surface area contributed by atoms with Crippen LogP contribution in [0, 0.1) is 0 Å². The number of amides is 1. The van der Waals surface area contributed by atoms with E-state index in [4.69, 9.17) is 10.2 Å². The smallest absolute Gasteiger partial charge is 0.405 e. The Bertz CT molecular complexity index is 1390. The second kappa shape index (κ2) is 9.38. The van der Waals surface area contributed by atoms with E-state index in [0.717, 1.165) is 5.56 Å². The van der Waals surface area contributed by atoms with E-state index < -0.39 is 24.7 Å². The molecule has 36 heavy (non-hydrogen) atoms. The summed E-state index contributed by atoms with van der Waals surface area (Å²) in [6, 6.07) is 13.8. The van der Waals surface area contributed by atoms with Crippen LogP contribution in [0.15, 0.2) is 65.2 Å². The van der Waals surface area contributed by atoms with Crippen LogP contribution in [-0.4, -0.2) is 62.8 Å². The minimum atomic E-state index is -4.42. The highest BCUT2D eigenvalue weighted by atomic mass is 19.4. The molecule has 9 nitrogen and oxygen atoms in total. The molecule has 0 saturated carbocycles. The first-order valence-electron chi connectivity index (χ1n) is 11.0. The molecule has 0 aliphatic carbocycles. The molecule has 3 heterocycles. The highest BCUT2D eigenvalue weighted by Gasteiger charge is 2.42. The number of halogens is 3. The lowest BCUT2D eigenvalue weighted by Crippen LogP contribution is -2.58. The van der Waals surface area contributed by atoms with Gasteiger partial charge in [0, 0.05) is 39.2 Å². The quantitative estimate of drug-likeness (QED) is 0.433. The maximum atomic E-state index is 13.1. The maximum Gasteiger partial charge on any atom is 0.405 e. The molecule has 2 aromatic carbocycles. The van der Waals surface area contributed by atoms with Crippen LogP contribution in [0.4, 0.5) is 19.0 Å². The minimum absolute atomic E-state index is 0. The summed E-state index contributed by atoms with van der Waals surface area (Å²) >= 11 is 0. The van der Waals surface area contributed by atoms with Crippen molar-refractivity contribution in [2.75, 3.05) is 25.4 Å². The molecule has 1 amide bonds. The summed E-state index contributed by atoms with van der Waals surface area (Å²) < 4.78 is 44.9. The number of carbonyl (C=O) groups is 1. The van der Waals surface area contributed by atoms with E-state index in [1.54, 1.807) is 24.3 Å². The van der Waals surface area contributed by atoms with Crippen molar-refractivity contribution in [2.45, 2.75) is 12.2 Å². The molecule has 0 radical (unpaired) electrons. The Morgan fingerprint density at radius 1 is 1.06 bits per heavy atom. The number of carbonyl (C=O) groups excluding carboxylic acids is 1. The van der Waals surface area contributed by atoms with Crippen molar-refractivity contribution < 1.29 is 25.2 Å². The molecule has 0 spiro atoms. The molecule has 1 atom stereocenters. The Morgan fingerprint density at radius 3 is 2.50 bits per heavy atom. The van der Waals surface area contributed by atoms with E-state index in [1.165, 1.54) is 11.1 Å². The van der Waals surface area contributed by atoms with Crippen molar-refractivity contribution in [3.63, 3.8) is 0 Å².